The number of hydrogen-bond acceptors (Lipinski definition) is 4. The predicted octanol–water partition coefficient (Wildman–Crippen LogP) is 3.24. The second-order valence-electron chi connectivity index (χ2n) is 5.68. The Balaban J connectivity index is 1.47. The molecule has 0 aliphatic heterocycles. The van der Waals surface area contributed by atoms with Crippen LogP contribution in [-0.4, -0.2) is 22.7 Å². The molecule has 0 bridgehead atoms. The van der Waals surface area contributed by atoms with Gasteiger partial charge in [0.1, 0.15) is 5.75 Å². The van der Waals surface area contributed by atoms with Gasteiger partial charge < -0.3 is 5.11 Å². The topological polar surface area (TPSA) is 78.4 Å². The van der Waals surface area contributed by atoms with Crippen LogP contribution in [0.1, 0.15) is 15.9 Å². The lowest BCUT2D eigenvalue weighted by atomic mass is 10.1. The first-order valence-electron chi connectivity index (χ1n) is 8.06. The number of thioether (sulfide) groups is 1. The fourth-order valence-electron chi connectivity index (χ4n) is 2.52. The van der Waals surface area contributed by atoms with Gasteiger partial charge in [-0.15, -0.1) is 11.8 Å². The molecule has 5 nitrogen and oxygen atoms in total. The first kappa shape index (κ1) is 17.8. The molecule has 2 amide bonds. The molecule has 0 aliphatic carbocycles. The van der Waals surface area contributed by atoms with Crippen LogP contribution < -0.4 is 10.9 Å². The van der Waals surface area contributed by atoms with E-state index in [0.29, 0.717) is 11.3 Å². The van der Waals surface area contributed by atoms with E-state index in [0.717, 1.165) is 0 Å². The Morgan fingerprint density at radius 2 is 1.62 bits per heavy atom. The summed E-state index contributed by atoms with van der Waals surface area (Å²) in [4.78, 5) is 23.8. The summed E-state index contributed by atoms with van der Waals surface area (Å²) in [6.45, 7) is 0. The molecule has 0 saturated heterocycles. The maximum absolute atomic E-state index is 11.9. The van der Waals surface area contributed by atoms with Crippen LogP contribution in [0.4, 0.5) is 0 Å². The van der Waals surface area contributed by atoms with Gasteiger partial charge in [0.2, 0.25) is 5.91 Å². The minimum absolute atomic E-state index is 0.0791. The molecule has 0 fully saturated rings. The Kier molecular flexibility index (Phi) is 5.76. The number of rotatable bonds is 5. The third-order valence-electron chi connectivity index (χ3n) is 3.82. The van der Waals surface area contributed by atoms with Crippen LogP contribution in [0, 0.1) is 0 Å². The summed E-state index contributed by atoms with van der Waals surface area (Å²) in [5.41, 5.74) is 6.29. The first-order chi connectivity index (χ1) is 12.6. The average Bonchev–Trinajstić information content (AvgIpc) is 2.67. The number of carbonyl (C=O) groups is 2. The van der Waals surface area contributed by atoms with Gasteiger partial charge in [-0.3, -0.25) is 20.4 Å². The first-order valence-corrected chi connectivity index (χ1v) is 9.21. The summed E-state index contributed by atoms with van der Waals surface area (Å²) in [6.07, 6.45) is 0. The van der Waals surface area contributed by atoms with Crippen molar-refractivity contribution in [3.05, 3.63) is 77.9 Å². The summed E-state index contributed by atoms with van der Waals surface area (Å²) in [6, 6.07) is 20.1. The summed E-state index contributed by atoms with van der Waals surface area (Å²) < 4.78 is 0. The van der Waals surface area contributed by atoms with Gasteiger partial charge in [-0.1, -0.05) is 42.5 Å². The molecule has 3 rings (SSSR count). The number of fused-ring (bicyclic) bond motifs is 1. The van der Waals surface area contributed by atoms with Crippen LogP contribution in [0.25, 0.3) is 10.8 Å². The zero-order valence-corrected chi connectivity index (χ0v) is 14.8. The van der Waals surface area contributed by atoms with Crippen LogP contribution >= 0.6 is 11.8 Å². The van der Waals surface area contributed by atoms with Crippen LogP contribution in [-0.2, 0) is 10.5 Å². The van der Waals surface area contributed by atoms with Gasteiger partial charge in [0, 0.05) is 11.3 Å². The highest BCUT2D eigenvalue weighted by Gasteiger charge is 2.08. The summed E-state index contributed by atoms with van der Waals surface area (Å²) in [7, 11) is 0. The second kappa shape index (κ2) is 8.40. The molecule has 0 unspecified atom stereocenters. The van der Waals surface area contributed by atoms with Gasteiger partial charge in [0.15, 0.2) is 0 Å². The van der Waals surface area contributed by atoms with Crippen LogP contribution in [0.2, 0.25) is 0 Å². The highest BCUT2D eigenvalue weighted by molar-refractivity contribution is 7.99. The van der Waals surface area contributed by atoms with Crippen molar-refractivity contribution in [3.8, 4) is 5.75 Å². The molecule has 6 heteroatoms. The normalized spacial score (nSPS) is 10.5. The van der Waals surface area contributed by atoms with E-state index < -0.39 is 5.91 Å². The number of carbonyl (C=O) groups excluding carboxylic acids is 2. The maximum atomic E-state index is 11.9. The number of phenols is 1. The van der Waals surface area contributed by atoms with Crippen molar-refractivity contribution in [2.24, 2.45) is 0 Å². The second-order valence-corrected chi connectivity index (χ2v) is 6.67. The van der Waals surface area contributed by atoms with Crippen molar-refractivity contribution in [1.29, 1.82) is 0 Å². The van der Waals surface area contributed by atoms with E-state index >= 15 is 0 Å². The van der Waals surface area contributed by atoms with Gasteiger partial charge in [0.05, 0.1) is 5.75 Å². The number of aromatic hydroxyl groups is 1. The molecule has 0 heterocycles. The summed E-state index contributed by atoms with van der Waals surface area (Å²) >= 11 is 1.48. The average molecular weight is 366 g/mol. The Morgan fingerprint density at radius 1 is 0.885 bits per heavy atom. The van der Waals surface area contributed by atoms with Crippen molar-refractivity contribution in [3.63, 3.8) is 0 Å². The fourth-order valence-corrected chi connectivity index (χ4v) is 3.35. The molecule has 0 spiro atoms. The Bertz CT molecular complexity index is 920. The minimum Gasteiger partial charge on any atom is -0.508 e. The number of hydrazine groups is 1. The Hall–Kier alpha value is -2.99. The van der Waals surface area contributed by atoms with E-state index in [9.17, 15) is 14.7 Å². The molecule has 132 valence electrons. The standard InChI is InChI=1S/C20H18N2O3S/c23-17-10-8-15(9-11-17)20(25)22-21-19(24)13-26-12-16-6-3-5-14-4-1-2-7-18(14)16/h1-11,23H,12-13H2,(H,21,24)(H,22,25). The number of nitrogens with one attached hydrogen (secondary N) is 2. The molecule has 3 aromatic carbocycles. The van der Waals surface area contributed by atoms with E-state index in [1.165, 1.54) is 52.4 Å². The van der Waals surface area contributed by atoms with Crippen molar-refractivity contribution in [2.75, 3.05) is 5.75 Å². The predicted molar refractivity (Wildman–Crippen MR) is 104 cm³/mol. The molecule has 0 saturated carbocycles. The van der Waals surface area contributed by atoms with E-state index in [1.54, 1.807) is 0 Å². The van der Waals surface area contributed by atoms with Crippen molar-refractivity contribution >= 4 is 34.3 Å². The lowest BCUT2D eigenvalue weighted by Gasteiger charge is -2.08. The molecule has 3 N–H and O–H groups in total. The minimum atomic E-state index is -0.433. The van der Waals surface area contributed by atoms with E-state index in [-0.39, 0.29) is 17.4 Å². The quantitative estimate of drug-likeness (QED) is 0.606. The lowest BCUT2D eigenvalue weighted by Crippen LogP contribution is -2.42. The lowest BCUT2D eigenvalue weighted by molar-refractivity contribution is -0.119. The number of amides is 2. The molecule has 0 aliphatic rings. The third kappa shape index (κ3) is 4.55. The largest absolute Gasteiger partial charge is 0.508 e. The van der Waals surface area contributed by atoms with Crippen LogP contribution in [0.3, 0.4) is 0 Å². The van der Waals surface area contributed by atoms with Gasteiger partial charge in [-0.05, 0) is 40.6 Å². The van der Waals surface area contributed by atoms with Gasteiger partial charge in [-0.25, -0.2) is 0 Å². The molecular formula is C20H18N2O3S. The van der Waals surface area contributed by atoms with Crippen molar-refractivity contribution in [1.82, 2.24) is 10.9 Å². The Labute approximate surface area is 155 Å². The monoisotopic (exact) mass is 366 g/mol. The molecule has 26 heavy (non-hydrogen) atoms. The van der Waals surface area contributed by atoms with E-state index in [1.807, 2.05) is 18.2 Å². The SMILES string of the molecule is O=C(CSCc1cccc2ccccc12)NNC(=O)c1ccc(O)cc1. The number of benzene rings is 3. The molecule has 0 radical (unpaired) electrons. The van der Waals surface area contributed by atoms with Crippen LogP contribution in [0.15, 0.2) is 66.7 Å². The summed E-state index contributed by atoms with van der Waals surface area (Å²) in [5, 5.41) is 11.6. The summed E-state index contributed by atoms with van der Waals surface area (Å²) in [5.74, 6) is 0.315. The highest BCUT2D eigenvalue weighted by atomic mass is 32.2. The van der Waals surface area contributed by atoms with Crippen molar-refractivity contribution in [2.45, 2.75) is 5.75 Å². The van der Waals surface area contributed by atoms with Gasteiger partial charge in [-0.2, -0.15) is 0 Å². The van der Waals surface area contributed by atoms with Crippen LogP contribution in [0.5, 0.6) is 5.75 Å². The zero-order valence-electron chi connectivity index (χ0n) is 13.9. The number of phenolic OH excluding ortho intramolecular Hbond substituents is 1. The number of hydrogen-bond donors (Lipinski definition) is 3. The molecular weight excluding hydrogens is 348 g/mol. The van der Waals surface area contributed by atoms with Gasteiger partial charge >= 0.3 is 0 Å². The smallest absolute Gasteiger partial charge is 0.269 e. The molecule has 3 aromatic rings. The van der Waals surface area contributed by atoms with Crippen molar-refractivity contribution < 1.29 is 14.7 Å². The van der Waals surface area contributed by atoms with E-state index in [4.69, 9.17) is 0 Å². The zero-order chi connectivity index (χ0) is 18.4. The fraction of sp³-hybridized carbons (Fsp3) is 0.100. The Morgan fingerprint density at radius 3 is 2.42 bits per heavy atom. The van der Waals surface area contributed by atoms with E-state index in [2.05, 4.69) is 35.1 Å². The maximum Gasteiger partial charge on any atom is 0.269 e. The highest BCUT2D eigenvalue weighted by Crippen LogP contribution is 2.22. The van der Waals surface area contributed by atoms with Gasteiger partial charge in [0.25, 0.3) is 5.91 Å². The molecule has 0 aromatic heterocycles. The molecule has 0 atom stereocenters. The third-order valence-corrected chi connectivity index (χ3v) is 4.80.